The van der Waals surface area contributed by atoms with E-state index in [1.807, 2.05) is 36.2 Å². The van der Waals surface area contributed by atoms with Gasteiger partial charge < -0.3 is 16.0 Å². The number of rotatable bonds is 1. The second kappa shape index (κ2) is 4.09. The van der Waals surface area contributed by atoms with Gasteiger partial charge in [0.2, 0.25) is 0 Å². The SMILES string of the molecule is CNC(=S)N(C)c1cccc(N)c1. The maximum atomic E-state index is 5.65. The molecule has 3 nitrogen and oxygen atoms in total. The molecule has 0 amide bonds. The van der Waals surface area contributed by atoms with Crippen molar-refractivity contribution in [2.75, 3.05) is 24.7 Å². The highest BCUT2D eigenvalue weighted by atomic mass is 32.1. The van der Waals surface area contributed by atoms with Crippen LogP contribution in [0.5, 0.6) is 0 Å². The molecule has 0 radical (unpaired) electrons. The summed E-state index contributed by atoms with van der Waals surface area (Å²) in [5.74, 6) is 0. The summed E-state index contributed by atoms with van der Waals surface area (Å²) in [6, 6.07) is 7.59. The van der Waals surface area contributed by atoms with Gasteiger partial charge in [-0.05, 0) is 30.4 Å². The molecule has 4 heteroatoms. The third-order valence-electron chi connectivity index (χ3n) is 1.78. The molecular weight excluding hydrogens is 182 g/mol. The lowest BCUT2D eigenvalue weighted by Gasteiger charge is -2.19. The van der Waals surface area contributed by atoms with Crippen LogP contribution in [0.3, 0.4) is 0 Å². The Bertz CT molecular complexity index is 311. The minimum Gasteiger partial charge on any atom is -0.399 e. The summed E-state index contributed by atoms with van der Waals surface area (Å²) >= 11 is 5.08. The van der Waals surface area contributed by atoms with Crippen LogP contribution in [0.2, 0.25) is 0 Å². The minimum atomic E-state index is 0.672. The standard InChI is InChI=1S/C9H13N3S/c1-11-9(13)12(2)8-5-3-4-7(10)6-8/h3-6H,10H2,1-2H3,(H,11,13). The normalized spacial score (nSPS) is 9.38. The van der Waals surface area contributed by atoms with Gasteiger partial charge in [-0.3, -0.25) is 0 Å². The van der Waals surface area contributed by atoms with Crippen LogP contribution in [0.1, 0.15) is 0 Å². The third-order valence-corrected chi connectivity index (χ3v) is 2.25. The molecule has 1 aromatic carbocycles. The van der Waals surface area contributed by atoms with Crippen molar-refractivity contribution in [1.82, 2.24) is 5.32 Å². The molecule has 0 saturated carbocycles. The fourth-order valence-corrected chi connectivity index (χ4v) is 1.12. The average molecular weight is 195 g/mol. The molecule has 1 aromatic rings. The highest BCUT2D eigenvalue weighted by Crippen LogP contribution is 2.15. The van der Waals surface area contributed by atoms with E-state index in [4.69, 9.17) is 18.0 Å². The van der Waals surface area contributed by atoms with Crippen molar-refractivity contribution >= 4 is 28.7 Å². The summed E-state index contributed by atoms with van der Waals surface area (Å²) in [6.45, 7) is 0. The van der Waals surface area contributed by atoms with E-state index in [1.165, 1.54) is 0 Å². The van der Waals surface area contributed by atoms with E-state index in [-0.39, 0.29) is 0 Å². The highest BCUT2D eigenvalue weighted by molar-refractivity contribution is 7.80. The van der Waals surface area contributed by atoms with Crippen LogP contribution >= 0.6 is 12.2 Å². The number of hydrogen-bond acceptors (Lipinski definition) is 2. The zero-order valence-corrected chi connectivity index (χ0v) is 8.56. The molecule has 70 valence electrons. The van der Waals surface area contributed by atoms with Crippen molar-refractivity contribution in [1.29, 1.82) is 0 Å². The molecule has 3 N–H and O–H groups in total. The quantitative estimate of drug-likeness (QED) is 0.522. The summed E-state index contributed by atoms with van der Waals surface area (Å²) in [5.41, 5.74) is 7.37. The molecule has 0 spiro atoms. The third kappa shape index (κ3) is 2.32. The predicted molar refractivity (Wildman–Crippen MR) is 60.9 cm³/mol. The molecule has 0 atom stereocenters. The molecule has 0 fully saturated rings. The molecule has 0 bridgehead atoms. The number of nitrogens with two attached hydrogens (primary N) is 1. The van der Waals surface area contributed by atoms with E-state index in [9.17, 15) is 0 Å². The van der Waals surface area contributed by atoms with E-state index in [0.717, 1.165) is 11.4 Å². The molecule has 0 unspecified atom stereocenters. The molecule has 13 heavy (non-hydrogen) atoms. The number of hydrogen-bond donors (Lipinski definition) is 2. The smallest absolute Gasteiger partial charge is 0.172 e. The van der Waals surface area contributed by atoms with Crippen LogP contribution < -0.4 is 16.0 Å². The lowest BCUT2D eigenvalue weighted by Crippen LogP contribution is -2.34. The topological polar surface area (TPSA) is 41.3 Å². The maximum Gasteiger partial charge on any atom is 0.172 e. The van der Waals surface area contributed by atoms with Crippen LogP contribution in [0.4, 0.5) is 11.4 Å². The van der Waals surface area contributed by atoms with Crippen molar-refractivity contribution in [3.8, 4) is 0 Å². The molecule has 0 saturated heterocycles. The number of nitrogens with one attached hydrogen (secondary N) is 1. The molecule has 0 aliphatic rings. The van der Waals surface area contributed by atoms with Gasteiger partial charge in [0, 0.05) is 25.5 Å². The van der Waals surface area contributed by atoms with Gasteiger partial charge >= 0.3 is 0 Å². The predicted octanol–water partition coefficient (Wildman–Crippen LogP) is 1.21. The summed E-state index contributed by atoms with van der Waals surface area (Å²) < 4.78 is 0. The van der Waals surface area contributed by atoms with Crippen LogP contribution in [0.25, 0.3) is 0 Å². The summed E-state index contributed by atoms with van der Waals surface area (Å²) in [5, 5.41) is 3.57. The van der Waals surface area contributed by atoms with Crippen molar-refractivity contribution in [3.63, 3.8) is 0 Å². The monoisotopic (exact) mass is 195 g/mol. The summed E-state index contributed by atoms with van der Waals surface area (Å²) in [4.78, 5) is 1.87. The Balaban J connectivity index is 2.88. The number of thiocarbonyl (C=S) groups is 1. The Morgan fingerprint density at radius 1 is 1.54 bits per heavy atom. The Labute approximate surface area is 83.5 Å². The highest BCUT2D eigenvalue weighted by Gasteiger charge is 2.03. The second-order valence-corrected chi connectivity index (χ2v) is 3.10. The van der Waals surface area contributed by atoms with Crippen LogP contribution in [0, 0.1) is 0 Å². The zero-order chi connectivity index (χ0) is 9.84. The van der Waals surface area contributed by atoms with Gasteiger partial charge in [0.15, 0.2) is 5.11 Å². The van der Waals surface area contributed by atoms with Gasteiger partial charge in [0.1, 0.15) is 0 Å². The molecule has 1 rings (SSSR count). The van der Waals surface area contributed by atoms with Crippen LogP contribution in [-0.4, -0.2) is 19.2 Å². The van der Waals surface area contributed by atoms with Gasteiger partial charge in [0.25, 0.3) is 0 Å². The first-order valence-corrected chi connectivity index (χ1v) is 4.37. The first-order chi connectivity index (χ1) is 6.15. The Hall–Kier alpha value is -1.29. The first-order valence-electron chi connectivity index (χ1n) is 3.96. The lowest BCUT2D eigenvalue weighted by atomic mass is 10.3. The Morgan fingerprint density at radius 2 is 2.23 bits per heavy atom. The van der Waals surface area contributed by atoms with Crippen LogP contribution in [-0.2, 0) is 0 Å². The second-order valence-electron chi connectivity index (χ2n) is 2.71. The zero-order valence-electron chi connectivity index (χ0n) is 7.74. The molecular formula is C9H13N3S. The fourth-order valence-electron chi connectivity index (χ4n) is 1.02. The maximum absolute atomic E-state index is 5.65. The Kier molecular flexibility index (Phi) is 3.08. The molecule has 0 aromatic heterocycles. The number of nitrogens with zero attached hydrogens (tertiary/aromatic N) is 1. The summed E-state index contributed by atoms with van der Waals surface area (Å²) in [7, 11) is 3.69. The number of nitrogen functional groups attached to an aromatic ring is 1. The van der Waals surface area contributed by atoms with E-state index in [0.29, 0.717) is 5.11 Å². The van der Waals surface area contributed by atoms with Crippen molar-refractivity contribution < 1.29 is 0 Å². The van der Waals surface area contributed by atoms with Gasteiger partial charge in [-0.15, -0.1) is 0 Å². The van der Waals surface area contributed by atoms with Crippen LogP contribution in [0.15, 0.2) is 24.3 Å². The minimum absolute atomic E-state index is 0.672. The first kappa shape index (κ1) is 9.80. The molecule has 0 heterocycles. The van der Waals surface area contributed by atoms with E-state index in [2.05, 4.69) is 5.32 Å². The van der Waals surface area contributed by atoms with Crippen molar-refractivity contribution in [2.45, 2.75) is 0 Å². The van der Waals surface area contributed by atoms with Gasteiger partial charge in [-0.25, -0.2) is 0 Å². The van der Waals surface area contributed by atoms with Gasteiger partial charge in [-0.1, -0.05) is 6.07 Å². The summed E-state index contributed by atoms with van der Waals surface area (Å²) in [6.07, 6.45) is 0. The van der Waals surface area contributed by atoms with Crippen molar-refractivity contribution in [3.05, 3.63) is 24.3 Å². The molecule has 0 aliphatic heterocycles. The van der Waals surface area contributed by atoms with Crippen molar-refractivity contribution in [2.24, 2.45) is 0 Å². The Morgan fingerprint density at radius 3 is 2.77 bits per heavy atom. The van der Waals surface area contributed by atoms with E-state index < -0.39 is 0 Å². The number of anilines is 2. The average Bonchev–Trinajstić information content (AvgIpc) is 2.15. The van der Waals surface area contributed by atoms with Gasteiger partial charge in [0.05, 0.1) is 0 Å². The van der Waals surface area contributed by atoms with Gasteiger partial charge in [-0.2, -0.15) is 0 Å². The van der Waals surface area contributed by atoms with E-state index >= 15 is 0 Å². The largest absolute Gasteiger partial charge is 0.399 e. The lowest BCUT2D eigenvalue weighted by molar-refractivity contribution is 1.12. The van der Waals surface area contributed by atoms with E-state index in [1.54, 1.807) is 7.05 Å². The fraction of sp³-hybridized carbons (Fsp3) is 0.222. The number of benzene rings is 1. The molecule has 0 aliphatic carbocycles.